The smallest absolute Gasteiger partial charge is 0.168 e. The third kappa shape index (κ3) is 2.54. The van der Waals surface area contributed by atoms with Crippen molar-refractivity contribution in [1.82, 2.24) is 0 Å². The molecule has 0 saturated heterocycles. The molecule has 1 aromatic rings. The monoisotopic (exact) mass is 248 g/mol. The first-order chi connectivity index (χ1) is 8.57. The summed E-state index contributed by atoms with van der Waals surface area (Å²) in [5.41, 5.74) is 1.64. The summed E-state index contributed by atoms with van der Waals surface area (Å²) in [4.78, 5) is 4.50. The topological polar surface area (TPSA) is 29.5 Å². The van der Waals surface area contributed by atoms with E-state index in [1.807, 2.05) is 18.2 Å². The van der Waals surface area contributed by atoms with Gasteiger partial charge in [0.2, 0.25) is 0 Å². The Kier molecular flexibility index (Phi) is 3.96. The molecular formula is C16H24O2. The molecule has 0 aromatic heterocycles. The van der Waals surface area contributed by atoms with Crippen molar-refractivity contribution in [3.63, 3.8) is 0 Å². The lowest BCUT2D eigenvalue weighted by Crippen LogP contribution is -2.28. The van der Waals surface area contributed by atoms with Crippen molar-refractivity contribution >= 4 is 0 Å². The SMILES string of the molecule is CC(C)C1(C)CCC(c2ccccc2OO)CC1. The molecule has 100 valence electrons. The van der Waals surface area contributed by atoms with E-state index < -0.39 is 0 Å². The second kappa shape index (κ2) is 5.31. The van der Waals surface area contributed by atoms with Crippen LogP contribution >= 0.6 is 0 Å². The lowest BCUT2D eigenvalue weighted by atomic mass is 9.65. The highest BCUT2D eigenvalue weighted by molar-refractivity contribution is 5.36. The summed E-state index contributed by atoms with van der Waals surface area (Å²) in [6, 6.07) is 7.84. The van der Waals surface area contributed by atoms with Crippen LogP contribution in [0.1, 0.15) is 57.9 Å². The maximum absolute atomic E-state index is 8.94. The second-order valence-electron chi connectivity index (χ2n) is 6.21. The van der Waals surface area contributed by atoms with Crippen molar-refractivity contribution in [2.75, 3.05) is 0 Å². The van der Waals surface area contributed by atoms with Crippen LogP contribution in [0.25, 0.3) is 0 Å². The number of para-hydroxylation sites is 1. The van der Waals surface area contributed by atoms with Gasteiger partial charge in [-0.1, -0.05) is 39.0 Å². The molecule has 2 heteroatoms. The Labute approximate surface area is 110 Å². The minimum Gasteiger partial charge on any atom is -0.340 e. The lowest BCUT2D eigenvalue weighted by molar-refractivity contribution is -0.138. The van der Waals surface area contributed by atoms with E-state index >= 15 is 0 Å². The van der Waals surface area contributed by atoms with Crippen LogP contribution in [0, 0.1) is 11.3 Å². The lowest BCUT2D eigenvalue weighted by Gasteiger charge is -2.40. The van der Waals surface area contributed by atoms with Crippen molar-refractivity contribution in [2.24, 2.45) is 11.3 Å². The largest absolute Gasteiger partial charge is 0.340 e. The van der Waals surface area contributed by atoms with Gasteiger partial charge in [-0.2, -0.15) is 0 Å². The summed E-state index contributed by atoms with van der Waals surface area (Å²) in [7, 11) is 0. The summed E-state index contributed by atoms with van der Waals surface area (Å²) in [6.07, 6.45) is 4.90. The van der Waals surface area contributed by atoms with Crippen LogP contribution < -0.4 is 4.89 Å². The van der Waals surface area contributed by atoms with Crippen molar-refractivity contribution < 1.29 is 10.1 Å². The average Bonchev–Trinajstić information content (AvgIpc) is 2.39. The predicted octanol–water partition coefficient (Wildman–Crippen LogP) is 4.86. The van der Waals surface area contributed by atoms with Crippen molar-refractivity contribution in [2.45, 2.75) is 52.4 Å². The number of hydrogen-bond acceptors (Lipinski definition) is 2. The highest BCUT2D eigenvalue weighted by Gasteiger charge is 2.34. The van der Waals surface area contributed by atoms with Gasteiger partial charge in [0, 0.05) is 5.56 Å². The standard InChI is InChI=1S/C16H24O2/c1-12(2)16(3)10-8-13(9-11-16)14-6-4-5-7-15(14)18-17/h4-7,12-13,17H,8-11H2,1-3H3. The minimum absolute atomic E-state index is 0.478. The fraction of sp³-hybridized carbons (Fsp3) is 0.625. The summed E-state index contributed by atoms with van der Waals surface area (Å²) >= 11 is 0. The third-order valence-electron chi connectivity index (χ3n) is 4.98. The molecule has 0 radical (unpaired) electrons. The van der Waals surface area contributed by atoms with Crippen LogP contribution in [0.4, 0.5) is 0 Å². The first-order valence-corrected chi connectivity index (χ1v) is 6.97. The molecule has 1 saturated carbocycles. The zero-order valence-electron chi connectivity index (χ0n) is 11.6. The van der Waals surface area contributed by atoms with Gasteiger partial charge in [-0.15, -0.1) is 0 Å². The third-order valence-corrected chi connectivity index (χ3v) is 4.98. The molecule has 2 rings (SSSR count). The summed E-state index contributed by atoms with van der Waals surface area (Å²) < 4.78 is 0. The fourth-order valence-corrected chi connectivity index (χ4v) is 3.07. The van der Waals surface area contributed by atoms with Gasteiger partial charge in [-0.05, 0) is 49.0 Å². The number of benzene rings is 1. The molecule has 18 heavy (non-hydrogen) atoms. The normalized spacial score (nSPS) is 28.4. The first-order valence-electron chi connectivity index (χ1n) is 6.97. The van der Waals surface area contributed by atoms with Crippen LogP contribution in [0.5, 0.6) is 5.75 Å². The van der Waals surface area contributed by atoms with Gasteiger partial charge in [0.1, 0.15) is 0 Å². The molecule has 0 unspecified atom stereocenters. The van der Waals surface area contributed by atoms with E-state index in [9.17, 15) is 0 Å². The fourth-order valence-electron chi connectivity index (χ4n) is 3.07. The molecule has 0 spiro atoms. The Morgan fingerprint density at radius 3 is 2.39 bits per heavy atom. The van der Waals surface area contributed by atoms with E-state index in [1.165, 1.54) is 25.7 Å². The summed E-state index contributed by atoms with van der Waals surface area (Å²) in [5.74, 6) is 1.89. The minimum atomic E-state index is 0.478. The summed E-state index contributed by atoms with van der Waals surface area (Å²) in [5, 5.41) is 8.94. The molecule has 0 aliphatic heterocycles. The van der Waals surface area contributed by atoms with Gasteiger partial charge in [0.05, 0.1) is 0 Å². The zero-order chi connectivity index (χ0) is 13.2. The van der Waals surface area contributed by atoms with E-state index in [-0.39, 0.29) is 0 Å². The van der Waals surface area contributed by atoms with Crippen LogP contribution in [0.3, 0.4) is 0 Å². The Hall–Kier alpha value is -1.02. The van der Waals surface area contributed by atoms with Gasteiger partial charge in [-0.3, -0.25) is 0 Å². The predicted molar refractivity (Wildman–Crippen MR) is 73.9 cm³/mol. The molecule has 1 aromatic carbocycles. The molecule has 0 amide bonds. The van der Waals surface area contributed by atoms with Gasteiger partial charge in [0.15, 0.2) is 5.75 Å². The van der Waals surface area contributed by atoms with Gasteiger partial charge in [0.25, 0.3) is 0 Å². The van der Waals surface area contributed by atoms with E-state index in [0.29, 0.717) is 17.1 Å². The molecule has 1 aliphatic carbocycles. The Balaban J connectivity index is 2.10. The Morgan fingerprint density at radius 1 is 1.22 bits per heavy atom. The van der Waals surface area contributed by atoms with Crippen LogP contribution in [-0.4, -0.2) is 5.26 Å². The highest BCUT2D eigenvalue weighted by Crippen LogP contribution is 2.48. The van der Waals surface area contributed by atoms with Crippen LogP contribution in [-0.2, 0) is 0 Å². The van der Waals surface area contributed by atoms with Crippen molar-refractivity contribution in [3.05, 3.63) is 29.8 Å². The van der Waals surface area contributed by atoms with Gasteiger partial charge >= 0.3 is 0 Å². The zero-order valence-corrected chi connectivity index (χ0v) is 11.6. The molecule has 0 atom stereocenters. The van der Waals surface area contributed by atoms with Crippen molar-refractivity contribution in [1.29, 1.82) is 0 Å². The quantitative estimate of drug-likeness (QED) is 0.611. The second-order valence-corrected chi connectivity index (χ2v) is 6.21. The average molecular weight is 248 g/mol. The first kappa shape index (κ1) is 13.4. The number of rotatable bonds is 3. The molecule has 1 aliphatic rings. The van der Waals surface area contributed by atoms with Gasteiger partial charge < -0.3 is 4.89 Å². The Bertz CT molecular complexity index is 390. The molecule has 0 bridgehead atoms. The molecule has 1 N–H and O–H groups in total. The molecule has 1 fully saturated rings. The Morgan fingerprint density at radius 2 is 1.83 bits per heavy atom. The maximum atomic E-state index is 8.94. The van der Waals surface area contributed by atoms with Gasteiger partial charge in [-0.25, -0.2) is 5.26 Å². The van der Waals surface area contributed by atoms with Crippen LogP contribution in [0.2, 0.25) is 0 Å². The van der Waals surface area contributed by atoms with E-state index in [1.54, 1.807) is 0 Å². The van der Waals surface area contributed by atoms with E-state index in [4.69, 9.17) is 5.26 Å². The molecule has 0 heterocycles. The van der Waals surface area contributed by atoms with Crippen LogP contribution in [0.15, 0.2) is 24.3 Å². The molecular weight excluding hydrogens is 224 g/mol. The van der Waals surface area contributed by atoms with E-state index in [0.717, 1.165) is 11.5 Å². The maximum Gasteiger partial charge on any atom is 0.168 e. The molecule has 2 nitrogen and oxygen atoms in total. The van der Waals surface area contributed by atoms with E-state index in [2.05, 4.69) is 31.7 Å². The highest BCUT2D eigenvalue weighted by atomic mass is 17.1. The number of hydrogen-bond donors (Lipinski definition) is 1. The van der Waals surface area contributed by atoms with Crippen molar-refractivity contribution in [3.8, 4) is 5.75 Å². The summed E-state index contributed by atoms with van der Waals surface area (Å²) in [6.45, 7) is 7.05.